The zero-order chi connectivity index (χ0) is 21.6. The maximum absolute atomic E-state index is 12.5. The number of halogens is 3. The number of methoxy groups -OCH3 is 1. The van der Waals surface area contributed by atoms with Gasteiger partial charge in [-0.1, -0.05) is 12.1 Å². The van der Waals surface area contributed by atoms with E-state index in [9.17, 15) is 18.0 Å². The lowest BCUT2D eigenvalue weighted by molar-refractivity contribution is -0.154. The average molecular weight is 423 g/mol. The molecular formula is C21H24F3N3O3. The molecule has 1 aromatic carbocycles. The van der Waals surface area contributed by atoms with Crippen molar-refractivity contribution in [2.75, 3.05) is 33.4 Å². The topological polar surface area (TPSA) is 63.7 Å². The summed E-state index contributed by atoms with van der Waals surface area (Å²) in [5.41, 5.74) is 1.30. The fourth-order valence-corrected chi connectivity index (χ4v) is 3.41. The van der Waals surface area contributed by atoms with Gasteiger partial charge >= 0.3 is 6.18 Å². The molecule has 162 valence electrons. The molecule has 1 N–H and O–H groups in total. The lowest BCUT2D eigenvalue weighted by Gasteiger charge is -2.28. The summed E-state index contributed by atoms with van der Waals surface area (Å²) in [6.07, 6.45) is -1.02. The van der Waals surface area contributed by atoms with Gasteiger partial charge in [-0.2, -0.15) is 13.2 Å². The number of ether oxygens (including phenoxy) is 2. The van der Waals surface area contributed by atoms with Gasteiger partial charge in [-0.25, -0.2) is 4.98 Å². The number of likely N-dealkylation sites (tertiary alicyclic amines) is 1. The third-order valence-corrected chi connectivity index (χ3v) is 4.90. The highest BCUT2D eigenvalue weighted by atomic mass is 19.4. The third-order valence-electron chi connectivity index (χ3n) is 4.90. The lowest BCUT2D eigenvalue weighted by atomic mass is 10.0. The lowest BCUT2D eigenvalue weighted by Crippen LogP contribution is -2.36. The van der Waals surface area contributed by atoms with Crippen molar-refractivity contribution in [2.45, 2.75) is 25.1 Å². The molecule has 1 unspecified atom stereocenters. The highest BCUT2D eigenvalue weighted by Gasteiger charge is 2.28. The summed E-state index contributed by atoms with van der Waals surface area (Å²) in [4.78, 5) is 18.6. The predicted molar refractivity (Wildman–Crippen MR) is 105 cm³/mol. The Morgan fingerprint density at radius 3 is 2.63 bits per heavy atom. The van der Waals surface area contributed by atoms with Crippen LogP contribution in [0.3, 0.4) is 0 Å². The van der Waals surface area contributed by atoms with Crippen molar-refractivity contribution in [3.8, 4) is 11.6 Å². The summed E-state index contributed by atoms with van der Waals surface area (Å²) in [7, 11) is 1.61. The first-order valence-electron chi connectivity index (χ1n) is 9.67. The molecule has 1 amide bonds. The molecule has 0 spiro atoms. The Morgan fingerprint density at radius 2 is 2.00 bits per heavy atom. The van der Waals surface area contributed by atoms with Crippen molar-refractivity contribution in [3.63, 3.8) is 0 Å². The second kappa shape index (κ2) is 9.80. The van der Waals surface area contributed by atoms with Crippen LogP contribution in [0.1, 0.15) is 34.8 Å². The fourth-order valence-electron chi connectivity index (χ4n) is 3.41. The van der Waals surface area contributed by atoms with E-state index in [0.717, 1.165) is 37.2 Å². The number of nitrogens with one attached hydrogen (secondary N) is 1. The van der Waals surface area contributed by atoms with Gasteiger partial charge in [0.25, 0.3) is 5.91 Å². The molecule has 1 atom stereocenters. The van der Waals surface area contributed by atoms with E-state index in [1.807, 2.05) is 24.3 Å². The molecule has 2 aromatic rings. The van der Waals surface area contributed by atoms with Crippen molar-refractivity contribution < 1.29 is 27.4 Å². The number of carbonyl (C=O) groups excluding carboxylic acids is 1. The van der Waals surface area contributed by atoms with Gasteiger partial charge in [-0.15, -0.1) is 0 Å². The standard InChI is InChI=1S/C21H24F3N3O3/c1-29-17-6-4-5-15(11-17)18(27-9-2-3-10-27)13-26-20(28)16-7-8-19(25-12-16)30-14-21(22,23)24/h4-8,11-12,18H,2-3,9-10,13-14H2,1H3,(H,26,28). The van der Waals surface area contributed by atoms with Gasteiger partial charge in [0.05, 0.1) is 18.7 Å². The van der Waals surface area contributed by atoms with E-state index in [4.69, 9.17) is 4.74 Å². The number of aromatic nitrogens is 1. The van der Waals surface area contributed by atoms with Crippen molar-refractivity contribution >= 4 is 5.91 Å². The first-order valence-corrected chi connectivity index (χ1v) is 9.67. The smallest absolute Gasteiger partial charge is 0.422 e. The molecule has 2 heterocycles. The summed E-state index contributed by atoms with van der Waals surface area (Å²) < 4.78 is 46.5. The van der Waals surface area contributed by atoms with Crippen molar-refractivity contribution in [1.82, 2.24) is 15.2 Å². The second-order valence-corrected chi connectivity index (χ2v) is 7.03. The van der Waals surface area contributed by atoms with Crippen LogP contribution in [0.5, 0.6) is 11.6 Å². The van der Waals surface area contributed by atoms with Crippen LogP contribution in [0.2, 0.25) is 0 Å². The highest BCUT2D eigenvalue weighted by Crippen LogP contribution is 2.27. The Bertz CT molecular complexity index is 837. The summed E-state index contributed by atoms with van der Waals surface area (Å²) >= 11 is 0. The van der Waals surface area contributed by atoms with Gasteiger partial charge in [0.15, 0.2) is 6.61 Å². The third kappa shape index (κ3) is 6.09. The van der Waals surface area contributed by atoms with E-state index in [1.165, 1.54) is 18.3 Å². The molecule has 1 aliphatic rings. The molecule has 6 nitrogen and oxygen atoms in total. The zero-order valence-electron chi connectivity index (χ0n) is 16.6. The molecule has 1 aromatic heterocycles. The molecule has 0 aliphatic carbocycles. The first kappa shape index (κ1) is 21.9. The van der Waals surface area contributed by atoms with E-state index in [-0.39, 0.29) is 23.4 Å². The maximum Gasteiger partial charge on any atom is 0.422 e. The van der Waals surface area contributed by atoms with Gasteiger partial charge in [0.1, 0.15) is 5.75 Å². The van der Waals surface area contributed by atoms with Gasteiger partial charge in [-0.05, 0) is 49.7 Å². The number of pyridine rings is 1. The number of hydrogen-bond acceptors (Lipinski definition) is 5. The number of benzene rings is 1. The van der Waals surface area contributed by atoms with Crippen LogP contribution in [-0.4, -0.2) is 55.3 Å². The van der Waals surface area contributed by atoms with Crippen LogP contribution in [0.4, 0.5) is 13.2 Å². The van der Waals surface area contributed by atoms with E-state index in [0.29, 0.717) is 6.54 Å². The molecule has 3 rings (SSSR count). The Hall–Kier alpha value is -2.81. The Morgan fingerprint density at radius 1 is 1.23 bits per heavy atom. The maximum atomic E-state index is 12.5. The normalized spacial score (nSPS) is 15.6. The number of nitrogens with zero attached hydrogens (tertiary/aromatic N) is 2. The van der Waals surface area contributed by atoms with E-state index in [1.54, 1.807) is 7.11 Å². The molecule has 0 saturated carbocycles. The molecule has 1 aliphatic heterocycles. The minimum atomic E-state index is -4.44. The number of alkyl halides is 3. The van der Waals surface area contributed by atoms with E-state index in [2.05, 4.69) is 19.9 Å². The van der Waals surface area contributed by atoms with Crippen molar-refractivity contribution in [3.05, 3.63) is 53.7 Å². The molecule has 1 saturated heterocycles. The Labute approximate surface area is 173 Å². The van der Waals surface area contributed by atoms with Crippen LogP contribution in [-0.2, 0) is 0 Å². The number of carbonyl (C=O) groups is 1. The molecule has 1 fully saturated rings. The van der Waals surface area contributed by atoms with E-state index < -0.39 is 12.8 Å². The summed E-state index contributed by atoms with van der Waals surface area (Å²) in [5, 5.41) is 2.91. The van der Waals surface area contributed by atoms with Gasteiger partial charge in [0, 0.05) is 18.8 Å². The Kier molecular flexibility index (Phi) is 7.15. The summed E-state index contributed by atoms with van der Waals surface area (Å²) in [6.45, 7) is 0.858. The molecular weight excluding hydrogens is 399 g/mol. The van der Waals surface area contributed by atoms with Gasteiger partial charge in [0.2, 0.25) is 5.88 Å². The van der Waals surface area contributed by atoms with Crippen LogP contribution < -0.4 is 14.8 Å². The minimum Gasteiger partial charge on any atom is -0.497 e. The zero-order valence-corrected chi connectivity index (χ0v) is 16.6. The Balaban J connectivity index is 1.64. The van der Waals surface area contributed by atoms with E-state index >= 15 is 0 Å². The SMILES string of the molecule is COc1cccc(C(CNC(=O)c2ccc(OCC(F)(F)F)nc2)N2CCCC2)c1. The van der Waals surface area contributed by atoms with Gasteiger partial charge < -0.3 is 14.8 Å². The van der Waals surface area contributed by atoms with Crippen molar-refractivity contribution in [1.29, 1.82) is 0 Å². The predicted octanol–water partition coefficient (Wildman–Crippen LogP) is 3.60. The molecule has 30 heavy (non-hydrogen) atoms. The second-order valence-electron chi connectivity index (χ2n) is 7.03. The van der Waals surface area contributed by atoms with Gasteiger partial charge in [-0.3, -0.25) is 9.69 Å². The number of hydrogen-bond donors (Lipinski definition) is 1. The largest absolute Gasteiger partial charge is 0.497 e. The highest BCUT2D eigenvalue weighted by molar-refractivity contribution is 5.93. The van der Waals surface area contributed by atoms with Crippen LogP contribution in [0.25, 0.3) is 0 Å². The minimum absolute atomic E-state index is 0.00565. The number of amides is 1. The summed E-state index contributed by atoms with van der Waals surface area (Å²) in [6, 6.07) is 10.4. The molecule has 9 heteroatoms. The molecule has 0 bridgehead atoms. The van der Waals surface area contributed by atoms with Crippen LogP contribution in [0.15, 0.2) is 42.6 Å². The monoisotopic (exact) mass is 423 g/mol. The fraction of sp³-hybridized carbons (Fsp3) is 0.429. The van der Waals surface area contributed by atoms with Crippen LogP contribution >= 0.6 is 0 Å². The van der Waals surface area contributed by atoms with Crippen LogP contribution in [0, 0.1) is 0 Å². The summed E-state index contributed by atoms with van der Waals surface area (Å²) in [5.74, 6) is 0.217. The average Bonchev–Trinajstić information content (AvgIpc) is 3.27. The quantitative estimate of drug-likeness (QED) is 0.703. The first-order chi connectivity index (χ1) is 14.4. The van der Waals surface area contributed by atoms with Crippen molar-refractivity contribution in [2.24, 2.45) is 0 Å². The molecule has 0 radical (unpaired) electrons. The number of rotatable bonds is 8.